The van der Waals surface area contributed by atoms with Crippen molar-refractivity contribution in [2.75, 3.05) is 0 Å². The molecular weight excluding hydrogens is 554 g/mol. The van der Waals surface area contributed by atoms with Gasteiger partial charge < -0.3 is 20.1 Å². The van der Waals surface area contributed by atoms with Crippen LogP contribution in [0.15, 0.2) is 29.0 Å². The van der Waals surface area contributed by atoms with Crippen molar-refractivity contribution < 1.29 is 23.6 Å². The molecule has 8 nitrogen and oxygen atoms in total. The van der Waals surface area contributed by atoms with Gasteiger partial charge in [0.25, 0.3) is 0 Å². The van der Waals surface area contributed by atoms with E-state index in [-0.39, 0.29) is 23.8 Å². The quantitative estimate of drug-likeness (QED) is 0.271. The molecule has 1 amide bonds. The zero-order valence-corrected chi connectivity index (χ0v) is 22.4. The maximum Gasteiger partial charge on any atom is 0.248 e. The van der Waals surface area contributed by atoms with Crippen molar-refractivity contribution in [3.63, 3.8) is 0 Å². The molecule has 2 aliphatic carbocycles. The van der Waals surface area contributed by atoms with Gasteiger partial charge in [-0.1, -0.05) is 28.4 Å². The minimum absolute atomic E-state index is 0.0716. The van der Waals surface area contributed by atoms with Crippen LogP contribution >= 0.6 is 34.5 Å². The first-order valence-electron chi connectivity index (χ1n) is 12.3. The van der Waals surface area contributed by atoms with Crippen molar-refractivity contribution in [3.05, 3.63) is 62.3 Å². The lowest BCUT2D eigenvalue weighted by Gasteiger charge is -2.34. The minimum Gasteiger partial charge on any atom is -0.383 e. The lowest BCUT2D eigenvalue weighted by Crippen LogP contribution is -2.34. The molecule has 0 unspecified atom stereocenters. The Morgan fingerprint density at radius 1 is 1.21 bits per heavy atom. The number of amides is 1. The van der Waals surface area contributed by atoms with E-state index in [1.165, 1.54) is 29.8 Å². The van der Waals surface area contributed by atoms with Gasteiger partial charge in [0.05, 0.1) is 27.5 Å². The lowest BCUT2D eigenvalue weighted by atomic mass is 9.83. The van der Waals surface area contributed by atoms with Crippen LogP contribution in [0.25, 0.3) is 21.5 Å². The van der Waals surface area contributed by atoms with E-state index in [9.17, 15) is 14.3 Å². The van der Waals surface area contributed by atoms with Crippen LogP contribution < -0.4 is 5.73 Å². The van der Waals surface area contributed by atoms with Crippen molar-refractivity contribution in [2.24, 2.45) is 5.73 Å². The van der Waals surface area contributed by atoms with E-state index in [1.807, 2.05) is 0 Å². The Morgan fingerprint density at radius 2 is 1.92 bits per heavy atom. The van der Waals surface area contributed by atoms with Crippen molar-refractivity contribution in [1.82, 2.24) is 15.1 Å². The molecule has 38 heavy (non-hydrogen) atoms. The number of nitrogens with zero attached hydrogens (tertiary/aromatic N) is 3. The first kappa shape index (κ1) is 25.6. The second-order valence-electron chi connectivity index (χ2n) is 9.86. The van der Waals surface area contributed by atoms with E-state index < -0.39 is 17.3 Å². The number of pyridine rings is 1. The molecule has 3 aromatic heterocycles. The molecule has 6 rings (SSSR count). The molecule has 0 aliphatic heterocycles. The number of carbonyl (C=O) groups excluding carboxylic acids is 1. The summed E-state index contributed by atoms with van der Waals surface area (Å²) in [5.41, 5.74) is 6.25. The molecule has 0 radical (unpaired) electrons. The number of fused-ring (bicyclic) bond motifs is 1. The van der Waals surface area contributed by atoms with E-state index >= 15 is 0 Å². The number of halogens is 3. The Labute approximate surface area is 230 Å². The van der Waals surface area contributed by atoms with Gasteiger partial charge in [-0.3, -0.25) is 9.78 Å². The predicted octanol–water partition coefficient (Wildman–Crippen LogP) is 6.12. The topological polar surface area (TPSA) is 124 Å². The van der Waals surface area contributed by atoms with E-state index in [0.717, 1.165) is 30.2 Å². The van der Waals surface area contributed by atoms with Gasteiger partial charge in [-0.2, -0.15) is 0 Å². The largest absolute Gasteiger partial charge is 0.383 e. The third kappa shape index (κ3) is 4.69. The van der Waals surface area contributed by atoms with Gasteiger partial charge in [0.1, 0.15) is 27.6 Å². The molecule has 0 spiro atoms. The van der Waals surface area contributed by atoms with Crippen LogP contribution in [0.1, 0.15) is 71.1 Å². The third-order valence-corrected chi connectivity index (χ3v) is 8.98. The summed E-state index contributed by atoms with van der Waals surface area (Å²) in [6, 6.07) is 2.58. The summed E-state index contributed by atoms with van der Waals surface area (Å²) in [6.07, 6.45) is 6.94. The number of hydrogen-bond donors (Lipinski definition) is 2. The summed E-state index contributed by atoms with van der Waals surface area (Å²) in [5.74, 6) is -0.250. The molecule has 3 N–H and O–H groups in total. The summed E-state index contributed by atoms with van der Waals surface area (Å²) in [6.45, 7) is 0.269. The third-order valence-electron chi connectivity index (χ3n) is 7.21. The van der Waals surface area contributed by atoms with Crippen LogP contribution in [0, 0.1) is 5.82 Å². The second kappa shape index (κ2) is 9.84. The van der Waals surface area contributed by atoms with E-state index in [2.05, 4.69) is 15.1 Å². The normalized spacial score (nSPS) is 21.7. The smallest absolute Gasteiger partial charge is 0.248 e. The molecule has 2 fully saturated rings. The number of aliphatic hydroxyl groups is 1. The minimum atomic E-state index is -1.21. The number of ether oxygens (including phenoxy) is 1. The number of carbonyl (C=O) groups is 1. The highest BCUT2D eigenvalue weighted by atomic mass is 35.5. The first-order chi connectivity index (χ1) is 18.2. The van der Waals surface area contributed by atoms with Crippen LogP contribution in [0.3, 0.4) is 0 Å². The maximum atomic E-state index is 14.5. The fourth-order valence-corrected chi connectivity index (χ4v) is 6.65. The van der Waals surface area contributed by atoms with Gasteiger partial charge in [0.15, 0.2) is 5.82 Å². The van der Waals surface area contributed by atoms with Gasteiger partial charge in [0.2, 0.25) is 5.91 Å². The zero-order chi connectivity index (χ0) is 26.6. The highest BCUT2D eigenvalue weighted by Crippen LogP contribution is 2.47. The molecule has 4 aromatic rings. The van der Waals surface area contributed by atoms with E-state index in [4.69, 9.17) is 38.2 Å². The fourth-order valence-electron chi connectivity index (χ4n) is 4.94. The second-order valence-corrected chi connectivity index (χ2v) is 11.7. The Balaban J connectivity index is 1.18. The maximum absolute atomic E-state index is 14.5. The van der Waals surface area contributed by atoms with Crippen molar-refractivity contribution in [1.29, 1.82) is 0 Å². The number of hydrogen-bond acceptors (Lipinski definition) is 8. The fraction of sp³-hybridized carbons (Fsp3) is 0.385. The molecule has 3 heterocycles. The highest BCUT2D eigenvalue weighted by molar-refractivity contribution is 7.18. The van der Waals surface area contributed by atoms with Crippen LogP contribution in [-0.2, 0) is 16.9 Å². The average molecular weight is 577 g/mol. The molecule has 0 saturated heterocycles. The van der Waals surface area contributed by atoms with Gasteiger partial charge in [-0.15, -0.1) is 11.3 Å². The van der Waals surface area contributed by atoms with Gasteiger partial charge >= 0.3 is 0 Å². The summed E-state index contributed by atoms with van der Waals surface area (Å²) < 4.78 is 27.0. The van der Waals surface area contributed by atoms with Crippen LogP contribution in [0.5, 0.6) is 0 Å². The Hall–Kier alpha value is -2.63. The average Bonchev–Trinajstić information content (AvgIpc) is 3.48. The number of rotatable bonds is 7. The zero-order valence-electron chi connectivity index (χ0n) is 20.0. The number of benzene rings is 1. The van der Waals surface area contributed by atoms with Crippen molar-refractivity contribution in [2.45, 2.75) is 62.8 Å². The summed E-state index contributed by atoms with van der Waals surface area (Å²) in [7, 11) is 0. The van der Waals surface area contributed by atoms with Gasteiger partial charge in [-0.05, 0) is 50.7 Å². The van der Waals surface area contributed by atoms with Crippen LogP contribution in [0.2, 0.25) is 10.0 Å². The molecule has 12 heteroatoms. The molecule has 2 saturated carbocycles. The van der Waals surface area contributed by atoms with Crippen LogP contribution in [0.4, 0.5) is 4.39 Å². The summed E-state index contributed by atoms with van der Waals surface area (Å²) in [5, 5.41) is 16.8. The van der Waals surface area contributed by atoms with Crippen molar-refractivity contribution >= 4 is 50.7 Å². The number of aromatic nitrogens is 3. The van der Waals surface area contributed by atoms with E-state index in [0.29, 0.717) is 62.6 Å². The van der Waals surface area contributed by atoms with Crippen molar-refractivity contribution in [3.8, 4) is 11.3 Å². The highest BCUT2D eigenvalue weighted by Gasteiger charge is 2.39. The Morgan fingerprint density at radius 3 is 2.58 bits per heavy atom. The molecule has 1 aromatic carbocycles. The monoisotopic (exact) mass is 576 g/mol. The molecule has 0 atom stereocenters. The standard InChI is InChI=1S/C26H23Cl2FN4O4S/c27-16-9-31-10-17(28)20(16)21-15(23(37-33-21)12-1-2-12)11-36-14-3-5-26(35,6-4-14)25-32-22-18(29)7-13(24(30)34)8-19(22)38-25/h7-10,12,14,35H,1-6,11H2,(H2,30,34)/t14-,26+. The molecular formula is C26H23Cl2FN4O4S. The van der Waals surface area contributed by atoms with Gasteiger partial charge in [-0.25, -0.2) is 9.37 Å². The van der Waals surface area contributed by atoms with E-state index in [1.54, 1.807) is 0 Å². The molecule has 198 valence electrons. The Kier molecular flexibility index (Phi) is 6.64. The van der Waals surface area contributed by atoms with Gasteiger partial charge in [0, 0.05) is 35.0 Å². The summed E-state index contributed by atoms with van der Waals surface area (Å²) in [4.78, 5) is 19.9. The number of thiazole rings is 1. The van der Waals surface area contributed by atoms with Crippen LogP contribution in [-0.4, -0.2) is 32.2 Å². The molecule has 2 aliphatic rings. The summed E-state index contributed by atoms with van der Waals surface area (Å²) >= 11 is 14.0. The number of primary amides is 1. The predicted molar refractivity (Wildman–Crippen MR) is 141 cm³/mol. The SMILES string of the molecule is NC(=O)c1cc(F)c2nc([C@]3(O)CC[C@@H](OCc4c(-c5c(Cl)cncc5Cl)noc4C4CC4)CC3)sc2c1. The first-order valence-corrected chi connectivity index (χ1v) is 13.8. The number of nitrogens with two attached hydrogens (primary N) is 1. The lowest BCUT2D eigenvalue weighted by molar-refractivity contribution is -0.0641. The molecule has 0 bridgehead atoms. The Bertz CT molecular complexity index is 1530.